The summed E-state index contributed by atoms with van der Waals surface area (Å²) in [5, 5.41) is 11.1. The van der Waals surface area contributed by atoms with Gasteiger partial charge in [-0.15, -0.1) is 0 Å². The zero-order valence-corrected chi connectivity index (χ0v) is 11.0. The van der Waals surface area contributed by atoms with E-state index in [1.54, 1.807) is 0 Å². The molecule has 92 valence electrons. The Morgan fingerprint density at radius 3 is 2.65 bits per heavy atom. The minimum Gasteiger partial charge on any atom is -0.480 e. The number of halogens is 1. The largest absolute Gasteiger partial charge is 0.480 e. The molecule has 0 aliphatic carbocycles. The van der Waals surface area contributed by atoms with E-state index in [-0.39, 0.29) is 12.3 Å². The highest BCUT2D eigenvalue weighted by atomic mass is 79.9. The Morgan fingerprint density at radius 2 is 2.06 bits per heavy atom. The maximum Gasteiger partial charge on any atom is 0.325 e. The van der Waals surface area contributed by atoms with Crippen LogP contribution in [0.4, 0.5) is 0 Å². The van der Waals surface area contributed by atoms with Gasteiger partial charge in [-0.05, 0) is 25.0 Å². The lowest BCUT2D eigenvalue weighted by Crippen LogP contribution is -2.38. The third-order valence-corrected chi connectivity index (χ3v) is 3.10. The highest BCUT2D eigenvalue weighted by Gasteiger charge is 2.13. The molecule has 1 amide bonds. The summed E-state index contributed by atoms with van der Waals surface area (Å²) in [5.41, 5.74) is 1.03. The maximum atomic E-state index is 11.5. The van der Waals surface area contributed by atoms with Crippen LogP contribution in [0.1, 0.15) is 18.9 Å². The van der Waals surface area contributed by atoms with Gasteiger partial charge >= 0.3 is 5.97 Å². The van der Waals surface area contributed by atoms with Crippen molar-refractivity contribution in [3.63, 3.8) is 0 Å². The summed E-state index contributed by atoms with van der Waals surface area (Å²) in [4.78, 5) is 22.0. The molecule has 1 rings (SSSR count). The SMILES string of the molecule is CC(NC(=O)CCc1ccccc1Br)C(=O)O. The zero-order chi connectivity index (χ0) is 12.8. The van der Waals surface area contributed by atoms with Crippen LogP contribution in [0, 0.1) is 0 Å². The highest BCUT2D eigenvalue weighted by Crippen LogP contribution is 2.17. The average Bonchev–Trinajstić information content (AvgIpc) is 2.27. The van der Waals surface area contributed by atoms with Crippen molar-refractivity contribution in [2.75, 3.05) is 0 Å². The van der Waals surface area contributed by atoms with E-state index in [0.717, 1.165) is 10.0 Å². The molecule has 2 N–H and O–H groups in total. The van der Waals surface area contributed by atoms with Gasteiger partial charge in [0.1, 0.15) is 6.04 Å². The van der Waals surface area contributed by atoms with Crippen LogP contribution < -0.4 is 5.32 Å². The highest BCUT2D eigenvalue weighted by molar-refractivity contribution is 9.10. The number of carbonyl (C=O) groups is 2. The molecule has 0 aliphatic rings. The van der Waals surface area contributed by atoms with Crippen molar-refractivity contribution < 1.29 is 14.7 Å². The van der Waals surface area contributed by atoms with Gasteiger partial charge in [-0.3, -0.25) is 9.59 Å². The quantitative estimate of drug-likeness (QED) is 0.873. The predicted molar refractivity (Wildman–Crippen MR) is 67.7 cm³/mol. The van der Waals surface area contributed by atoms with Crippen molar-refractivity contribution in [2.45, 2.75) is 25.8 Å². The Morgan fingerprint density at radius 1 is 1.41 bits per heavy atom. The Hall–Kier alpha value is -1.36. The third kappa shape index (κ3) is 4.56. The molecule has 0 saturated carbocycles. The Kier molecular flexibility index (Phi) is 5.15. The topological polar surface area (TPSA) is 66.4 Å². The summed E-state index contributed by atoms with van der Waals surface area (Å²) >= 11 is 3.39. The molecule has 5 heteroatoms. The number of amides is 1. The van der Waals surface area contributed by atoms with E-state index in [1.165, 1.54) is 6.92 Å². The lowest BCUT2D eigenvalue weighted by molar-refractivity contribution is -0.141. The molecule has 0 bridgehead atoms. The average molecular weight is 300 g/mol. The zero-order valence-electron chi connectivity index (χ0n) is 9.44. The summed E-state index contributed by atoms with van der Waals surface area (Å²) in [7, 11) is 0. The van der Waals surface area contributed by atoms with Crippen molar-refractivity contribution in [2.24, 2.45) is 0 Å². The van der Waals surface area contributed by atoms with Crippen molar-refractivity contribution in [3.8, 4) is 0 Å². The smallest absolute Gasteiger partial charge is 0.325 e. The number of carboxylic acids is 1. The van der Waals surface area contributed by atoms with Crippen molar-refractivity contribution in [1.29, 1.82) is 0 Å². The first kappa shape index (κ1) is 13.7. The van der Waals surface area contributed by atoms with Gasteiger partial charge in [0.25, 0.3) is 0 Å². The molecule has 1 unspecified atom stereocenters. The fourth-order valence-corrected chi connectivity index (χ4v) is 1.81. The van der Waals surface area contributed by atoms with Crippen molar-refractivity contribution >= 4 is 27.8 Å². The normalized spacial score (nSPS) is 11.9. The van der Waals surface area contributed by atoms with Crippen LogP contribution in [0.25, 0.3) is 0 Å². The van der Waals surface area contributed by atoms with Gasteiger partial charge in [-0.25, -0.2) is 0 Å². The molecule has 0 spiro atoms. The second-order valence-electron chi connectivity index (χ2n) is 3.72. The van der Waals surface area contributed by atoms with Crippen LogP contribution in [0.5, 0.6) is 0 Å². The molecular formula is C12H14BrNO3. The van der Waals surface area contributed by atoms with E-state index < -0.39 is 12.0 Å². The Balaban J connectivity index is 2.44. The van der Waals surface area contributed by atoms with Gasteiger partial charge in [0.15, 0.2) is 0 Å². The van der Waals surface area contributed by atoms with Crippen molar-refractivity contribution in [3.05, 3.63) is 34.3 Å². The number of nitrogens with one attached hydrogen (secondary N) is 1. The molecule has 4 nitrogen and oxygen atoms in total. The fraction of sp³-hybridized carbons (Fsp3) is 0.333. The molecule has 0 fully saturated rings. The molecule has 0 aliphatic heterocycles. The molecule has 0 heterocycles. The van der Waals surface area contributed by atoms with Crippen LogP contribution in [0.2, 0.25) is 0 Å². The second-order valence-corrected chi connectivity index (χ2v) is 4.57. The number of benzene rings is 1. The van der Waals surface area contributed by atoms with E-state index >= 15 is 0 Å². The monoisotopic (exact) mass is 299 g/mol. The standard InChI is InChI=1S/C12H14BrNO3/c1-8(12(16)17)14-11(15)7-6-9-4-2-3-5-10(9)13/h2-5,8H,6-7H2,1H3,(H,14,15)(H,16,17). The summed E-state index contributed by atoms with van der Waals surface area (Å²) < 4.78 is 0.957. The number of aliphatic carboxylic acids is 1. The number of hydrogen-bond donors (Lipinski definition) is 2. The van der Waals surface area contributed by atoms with Crippen LogP contribution in [-0.2, 0) is 16.0 Å². The van der Waals surface area contributed by atoms with Gasteiger partial charge < -0.3 is 10.4 Å². The number of carboxylic acid groups (broad SMARTS) is 1. The number of hydrogen-bond acceptors (Lipinski definition) is 2. The van der Waals surface area contributed by atoms with Crippen LogP contribution in [0.15, 0.2) is 28.7 Å². The Bertz CT molecular complexity index is 420. The van der Waals surface area contributed by atoms with Gasteiger partial charge in [0.2, 0.25) is 5.91 Å². The van der Waals surface area contributed by atoms with Crippen LogP contribution in [-0.4, -0.2) is 23.0 Å². The maximum absolute atomic E-state index is 11.5. The summed E-state index contributed by atoms with van der Waals surface area (Å²) in [5.74, 6) is -1.28. The van der Waals surface area contributed by atoms with Gasteiger partial charge in [-0.2, -0.15) is 0 Å². The predicted octanol–water partition coefficient (Wildman–Crippen LogP) is 1.97. The first-order valence-corrected chi connectivity index (χ1v) is 6.05. The number of aryl methyl sites for hydroxylation is 1. The molecule has 17 heavy (non-hydrogen) atoms. The van der Waals surface area contributed by atoms with Gasteiger partial charge in [0.05, 0.1) is 0 Å². The summed E-state index contributed by atoms with van der Waals surface area (Å²) in [6, 6.07) is 6.80. The molecular weight excluding hydrogens is 286 g/mol. The minimum atomic E-state index is -1.03. The molecule has 0 aromatic heterocycles. The molecule has 1 atom stereocenters. The van der Waals surface area contributed by atoms with E-state index in [2.05, 4.69) is 21.2 Å². The first-order valence-electron chi connectivity index (χ1n) is 5.26. The third-order valence-electron chi connectivity index (χ3n) is 2.33. The van der Waals surface area contributed by atoms with Gasteiger partial charge in [0, 0.05) is 10.9 Å². The van der Waals surface area contributed by atoms with Crippen LogP contribution in [0.3, 0.4) is 0 Å². The van der Waals surface area contributed by atoms with Gasteiger partial charge in [-0.1, -0.05) is 34.1 Å². The van der Waals surface area contributed by atoms with E-state index in [1.807, 2.05) is 24.3 Å². The number of rotatable bonds is 5. The lowest BCUT2D eigenvalue weighted by Gasteiger charge is -2.09. The Labute approximate surface area is 108 Å². The molecule has 0 radical (unpaired) electrons. The molecule has 1 aromatic carbocycles. The van der Waals surface area contributed by atoms with E-state index in [4.69, 9.17) is 5.11 Å². The lowest BCUT2D eigenvalue weighted by atomic mass is 10.1. The van der Waals surface area contributed by atoms with E-state index in [9.17, 15) is 9.59 Å². The second kappa shape index (κ2) is 6.39. The first-order chi connectivity index (χ1) is 8.00. The minimum absolute atomic E-state index is 0.254. The summed E-state index contributed by atoms with van der Waals surface area (Å²) in [6.07, 6.45) is 0.861. The fourth-order valence-electron chi connectivity index (χ4n) is 1.32. The van der Waals surface area contributed by atoms with Crippen LogP contribution >= 0.6 is 15.9 Å². The molecule has 1 aromatic rings. The van der Waals surface area contributed by atoms with E-state index in [0.29, 0.717) is 6.42 Å². The van der Waals surface area contributed by atoms with Crippen molar-refractivity contribution in [1.82, 2.24) is 5.32 Å². The number of carbonyl (C=O) groups excluding carboxylic acids is 1. The molecule has 0 saturated heterocycles. The summed E-state index contributed by atoms with van der Waals surface area (Å²) in [6.45, 7) is 1.44.